The summed E-state index contributed by atoms with van der Waals surface area (Å²) in [5.41, 5.74) is -0.921. The number of nitrogens with zero attached hydrogens (tertiary/aromatic N) is 2. The maximum Gasteiger partial charge on any atom is 0.311 e. The van der Waals surface area contributed by atoms with E-state index in [1.807, 2.05) is 4.72 Å². The molecule has 1 saturated heterocycles. The smallest absolute Gasteiger partial charge is 0.311 e. The van der Waals surface area contributed by atoms with Gasteiger partial charge in [-0.05, 0) is 25.5 Å². The van der Waals surface area contributed by atoms with Crippen LogP contribution in [-0.2, 0) is 26.7 Å². The Balaban J connectivity index is 1.74. The van der Waals surface area contributed by atoms with E-state index in [1.165, 1.54) is 7.05 Å². The largest absolute Gasteiger partial charge is 0.348 e. The average Bonchev–Trinajstić information content (AvgIpc) is 3.12. The zero-order chi connectivity index (χ0) is 26.8. The summed E-state index contributed by atoms with van der Waals surface area (Å²) in [5.74, 6) is -6.86. The van der Waals surface area contributed by atoms with Crippen molar-refractivity contribution in [2.45, 2.75) is 30.5 Å². The Labute approximate surface area is 203 Å². The van der Waals surface area contributed by atoms with Crippen LogP contribution in [0.3, 0.4) is 0 Å². The number of hydrogen-bond acceptors (Lipinski definition) is 5. The lowest BCUT2D eigenvalue weighted by Crippen LogP contribution is -2.56. The molecule has 1 fully saturated rings. The molecule has 196 valence electrons. The standard InChI is InChI=1S/C21H23F4N5O5S/c1-3-26-20(32)21(33)30-7-6-15(14(24)9-30)28-36(34,35)16-10-29(2)18(17(16)25)19(31)27-11-4-5-12(22)13(23)8-11/h4-5,8,10,14-15,28H,3,6-7,9H2,1-2H3,(H,26,32)(H,27,31)/t14-,15+/m0/s1. The second kappa shape index (κ2) is 10.7. The first-order valence-electron chi connectivity index (χ1n) is 10.7. The van der Waals surface area contributed by atoms with Crippen molar-refractivity contribution in [2.75, 3.05) is 25.0 Å². The van der Waals surface area contributed by atoms with E-state index in [4.69, 9.17) is 0 Å². The second-order valence-electron chi connectivity index (χ2n) is 7.99. The molecule has 10 nitrogen and oxygen atoms in total. The lowest BCUT2D eigenvalue weighted by atomic mass is 10.0. The highest BCUT2D eigenvalue weighted by Gasteiger charge is 2.37. The molecule has 2 heterocycles. The van der Waals surface area contributed by atoms with E-state index in [0.29, 0.717) is 6.07 Å². The van der Waals surface area contributed by atoms with Gasteiger partial charge in [-0.1, -0.05) is 0 Å². The fourth-order valence-electron chi connectivity index (χ4n) is 3.64. The Kier molecular flexibility index (Phi) is 8.03. The molecule has 1 aliphatic heterocycles. The number of rotatable bonds is 6. The number of likely N-dealkylation sites (tertiary alicyclic amines) is 1. The number of aromatic nitrogens is 1. The Morgan fingerprint density at radius 1 is 1.14 bits per heavy atom. The van der Waals surface area contributed by atoms with E-state index >= 15 is 4.39 Å². The maximum absolute atomic E-state index is 15.0. The van der Waals surface area contributed by atoms with Crippen molar-refractivity contribution in [1.82, 2.24) is 19.5 Å². The lowest BCUT2D eigenvalue weighted by Gasteiger charge is -2.34. The van der Waals surface area contributed by atoms with Gasteiger partial charge < -0.3 is 20.1 Å². The van der Waals surface area contributed by atoms with Gasteiger partial charge >= 0.3 is 11.8 Å². The topological polar surface area (TPSA) is 130 Å². The molecule has 0 bridgehead atoms. The number of amides is 3. The molecule has 2 aromatic rings. The lowest BCUT2D eigenvalue weighted by molar-refractivity contribution is -0.147. The van der Waals surface area contributed by atoms with Crippen LogP contribution in [0.1, 0.15) is 23.8 Å². The number of aryl methyl sites for hydroxylation is 1. The van der Waals surface area contributed by atoms with Crippen molar-refractivity contribution in [2.24, 2.45) is 7.05 Å². The minimum absolute atomic E-state index is 0.122. The van der Waals surface area contributed by atoms with Gasteiger partial charge in [0.25, 0.3) is 5.91 Å². The van der Waals surface area contributed by atoms with Crippen LogP contribution in [-0.4, -0.2) is 67.5 Å². The quantitative estimate of drug-likeness (QED) is 0.378. The Morgan fingerprint density at radius 3 is 2.44 bits per heavy atom. The summed E-state index contributed by atoms with van der Waals surface area (Å²) < 4.78 is 84.7. The molecular formula is C21H23F4N5O5S. The second-order valence-corrected chi connectivity index (χ2v) is 9.68. The van der Waals surface area contributed by atoms with Crippen LogP contribution >= 0.6 is 0 Å². The third-order valence-corrected chi connectivity index (χ3v) is 6.91. The fourth-order valence-corrected chi connectivity index (χ4v) is 5.07. The molecule has 0 saturated carbocycles. The van der Waals surface area contributed by atoms with Gasteiger partial charge in [0.2, 0.25) is 10.0 Å². The van der Waals surface area contributed by atoms with Crippen molar-refractivity contribution < 1.29 is 40.4 Å². The Morgan fingerprint density at radius 2 is 1.83 bits per heavy atom. The first-order valence-corrected chi connectivity index (χ1v) is 12.2. The first-order chi connectivity index (χ1) is 16.9. The monoisotopic (exact) mass is 533 g/mol. The number of nitrogens with one attached hydrogen (secondary N) is 3. The molecule has 3 N–H and O–H groups in total. The molecule has 1 aliphatic rings. The molecule has 0 radical (unpaired) electrons. The van der Waals surface area contributed by atoms with Gasteiger partial charge in [-0.25, -0.2) is 30.7 Å². The normalized spacial score (nSPS) is 18.1. The number of benzene rings is 1. The van der Waals surface area contributed by atoms with Crippen molar-refractivity contribution in [3.63, 3.8) is 0 Å². The van der Waals surface area contributed by atoms with E-state index in [1.54, 1.807) is 6.92 Å². The Hall–Kier alpha value is -3.46. The van der Waals surface area contributed by atoms with Gasteiger partial charge in [-0.2, -0.15) is 0 Å². The average molecular weight is 534 g/mol. The SMILES string of the molecule is CCNC(=O)C(=O)N1CC[C@@H](NS(=O)(=O)c2cn(C)c(C(=O)Nc3ccc(F)c(F)c3)c2F)[C@@H](F)C1. The van der Waals surface area contributed by atoms with Gasteiger partial charge in [-0.3, -0.25) is 14.4 Å². The highest BCUT2D eigenvalue weighted by Crippen LogP contribution is 2.24. The summed E-state index contributed by atoms with van der Waals surface area (Å²) in [6.45, 7) is 1.12. The van der Waals surface area contributed by atoms with Crippen LogP contribution in [0, 0.1) is 17.5 Å². The highest BCUT2D eigenvalue weighted by atomic mass is 32.2. The molecule has 0 unspecified atom stereocenters. The molecule has 0 aliphatic carbocycles. The minimum atomic E-state index is -4.66. The summed E-state index contributed by atoms with van der Waals surface area (Å²) in [6, 6.07) is 1.11. The zero-order valence-electron chi connectivity index (χ0n) is 19.1. The summed E-state index contributed by atoms with van der Waals surface area (Å²) in [5, 5.41) is 4.44. The molecular weight excluding hydrogens is 510 g/mol. The minimum Gasteiger partial charge on any atom is -0.348 e. The molecule has 0 spiro atoms. The van der Waals surface area contributed by atoms with Crippen molar-refractivity contribution in [1.29, 1.82) is 0 Å². The number of sulfonamides is 1. The third-order valence-electron chi connectivity index (χ3n) is 5.44. The molecule has 15 heteroatoms. The molecule has 1 aromatic carbocycles. The molecule has 2 atom stereocenters. The van der Waals surface area contributed by atoms with Crippen LogP contribution in [0.4, 0.5) is 23.2 Å². The van der Waals surface area contributed by atoms with E-state index in [2.05, 4.69) is 10.6 Å². The molecule has 36 heavy (non-hydrogen) atoms. The maximum atomic E-state index is 15.0. The molecule has 1 aromatic heterocycles. The van der Waals surface area contributed by atoms with Gasteiger partial charge in [-0.15, -0.1) is 0 Å². The number of halogens is 4. The van der Waals surface area contributed by atoms with Crippen LogP contribution < -0.4 is 15.4 Å². The number of carbonyl (C=O) groups is 3. The summed E-state index contributed by atoms with van der Waals surface area (Å²) >= 11 is 0. The summed E-state index contributed by atoms with van der Waals surface area (Å²) in [6.07, 6.45) is -1.28. The van der Waals surface area contributed by atoms with Gasteiger partial charge in [0.1, 0.15) is 16.8 Å². The number of carbonyl (C=O) groups excluding carboxylic acids is 3. The van der Waals surface area contributed by atoms with Gasteiger partial charge in [0.05, 0.1) is 12.6 Å². The van der Waals surface area contributed by atoms with E-state index < -0.39 is 74.5 Å². The number of hydrogen-bond donors (Lipinski definition) is 3. The van der Waals surface area contributed by atoms with Crippen LogP contribution in [0.25, 0.3) is 0 Å². The van der Waals surface area contributed by atoms with E-state index in [9.17, 15) is 36.0 Å². The number of alkyl halides is 1. The first kappa shape index (κ1) is 27.1. The Bertz CT molecular complexity index is 1300. The number of piperidine rings is 1. The number of anilines is 1. The summed E-state index contributed by atoms with van der Waals surface area (Å²) in [7, 11) is -3.48. The van der Waals surface area contributed by atoms with Gasteiger partial charge in [0, 0.05) is 38.1 Å². The van der Waals surface area contributed by atoms with Crippen LogP contribution in [0.2, 0.25) is 0 Å². The van der Waals surface area contributed by atoms with Crippen LogP contribution in [0.15, 0.2) is 29.3 Å². The predicted molar refractivity (Wildman–Crippen MR) is 119 cm³/mol. The number of likely N-dealkylation sites (N-methyl/N-ethyl adjacent to an activating group) is 1. The van der Waals surface area contributed by atoms with Crippen LogP contribution in [0.5, 0.6) is 0 Å². The van der Waals surface area contributed by atoms with Crippen molar-refractivity contribution in [3.8, 4) is 0 Å². The van der Waals surface area contributed by atoms with Gasteiger partial charge in [0.15, 0.2) is 17.5 Å². The fraction of sp³-hybridized carbons (Fsp3) is 0.381. The van der Waals surface area contributed by atoms with E-state index in [0.717, 1.165) is 27.8 Å². The highest BCUT2D eigenvalue weighted by molar-refractivity contribution is 7.89. The van der Waals surface area contributed by atoms with E-state index in [-0.39, 0.29) is 25.2 Å². The third kappa shape index (κ3) is 5.67. The summed E-state index contributed by atoms with van der Waals surface area (Å²) in [4.78, 5) is 36.2. The van der Waals surface area contributed by atoms with Crippen molar-refractivity contribution in [3.05, 3.63) is 47.5 Å². The zero-order valence-corrected chi connectivity index (χ0v) is 20.0. The molecule has 3 rings (SSSR count). The molecule has 3 amide bonds. The van der Waals surface area contributed by atoms with Crippen molar-refractivity contribution >= 4 is 33.4 Å². The predicted octanol–water partition coefficient (Wildman–Crippen LogP) is 1.05.